The third kappa shape index (κ3) is 9.03. The normalized spacial score (nSPS) is 11.5. The summed E-state index contributed by atoms with van der Waals surface area (Å²) in [6.45, 7) is 4.65. The van der Waals surface area contributed by atoms with Gasteiger partial charge >= 0.3 is 0 Å². The van der Waals surface area contributed by atoms with Gasteiger partial charge in [-0.3, -0.25) is 4.57 Å². The molecule has 76 heavy (non-hydrogen) atoms. The molecule has 0 aliphatic heterocycles. The summed E-state index contributed by atoms with van der Waals surface area (Å²) < 4.78 is 13.3. The summed E-state index contributed by atoms with van der Waals surface area (Å²) in [6.07, 6.45) is 6.64. The summed E-state index contributed by atoms with van der Waals surface area (Å²) >= 11 is 0. The van der Waals surface area contributed by atoms with Crippen molar-refractivity contribution in [2.24, 2.45) is 0 Å². The van der Waals surface area contributed by atoms with Crippen LogP contribution in [0.25, 0.3) is 94.5 Å². The molecule has 0 N–H and O–H groups in total. The topological polar surface area (TPSA) is 35.9 Å². The molecule has 3 aromatic heterocycles. The Morgan fingerprint density at radius 3 is 1.74 bits per heavy atom. The van der Waals surface area contributed by atoms with Crippen LogP contribution in [0.15, 0.2) is 255 Å². The van der Waals surface area contributed by atoms with E-state index in [9.17, 15) is 0 Å². The summed E-state index contributed by atoms with van der Waals surface area (Å²) in [5, 5.41) is 2.16. The van der Waals surface area contributed by atoms with Gasteiger partial charge in [0, 0.05) is 49.8 Å². The molecule has 0 unspecified atom stereocenters. The van der Waals surface area contributed by atoms with Crippen molar-refractivity contribution in [1.82, 2.24) is 14.1 Å². The summed E-state index contributed by atoms with van der Waals surface area (Å²) in [7, 11) is 0. The van der Waals surface area contributed by atoms with Crippen molar-refractivity contribution in [3.05, 3.63) is 285 Å². The zero-order valence-electron chi connectivity index (χ0n) is 42.0. The van der Waals surface area contributed by atoms with E-state index >= 15 is 0 Å². The van der Waals surface area contributed by atoms with E-state index in [2.05, 4.69) is 277 Å². The van der Waals surface area contributed by atoms with Gasteiger partial charge in [-0.2, -0.15) is 18.2 Å². The Labute approximate surface area is 457 Å². The molecule has 0 spiro atoms. The van der Waals surface area contributed by atoms with Crippen LogP contribution in [-0.2, 0) is 32.9 Å². The van der Waals surface area contributed by atoms with Crippen LogP contribution in [0.5, 0.6) is 11.5 Å². The number of ether oxygens (including phenoxy) is 1. The van der Waals surface area contributed by atoms with Crippen molar-refractivity contribution >= 4 is 32.8 Å². The number of imidazole rings is 1. The molecule has 5 nitrogen and oxygen atoms in total. The number of para-hydroxylation sites is 3. The van der Waals surface area contributed by atoms with Crippen molar-refractivity contribution in [3.63, 3.8) is 0 Å². The summed E-state index contributed by atoms with van der Waals surface area (Å²) in [4.78, 5) is 5.28. The van der Waals surface area contributed by atoms with E-state index in [1.54, 1.807) is 0 Å². The quantitative estimate of drug-likeness (QED) is 0.0903. The Kier molecular flexibility index (Phi) is 12.9. The molecule has 13 aromatic rings. The van der Waals surface area contributed by atoms with Gasteiger partial charge in [0.25, 0.3) is 6.33 Å². The predicted molar refractivity (Wildman–Crippen MR) is 305 cm³/mol. The molecular formula is C70H50N4OPt-2. The van der Waals surface area contributed by atoms with Crippen molar-refractivity contribution in [1.29, 1.82) is 0 Å². The smallest absolute Gasteiger partial charge is 0.268 e. The third-order valence-electron chi connectivity index (χ3n) is 14.4. The summed E-state index contributed by atoms with van der Waals surface area (Å²) in [5.41, 5.74) is 17.1. The van der Waals surface area contributed by atoms with Crippen LogP contribution in [0.3, 0.4) is 0 Å². The average molecular weight is 1160 g/mol. The van der Waals surface area contributed by atoms with E-state index in [1.807, 2.05) is 24.4 Å². The van der Waals surface area contributed by atoms with Gasteiger partial charge in [-0.1, -0.05) is 226 Å². The molecule has 0 bridgehead atoms. The monoisotopic (exact) mass is 1160 g/mol. The maximum absolute atomic E-state index is 6.82. The van der Waals surface area contributed by atoms with Crippen LogP contribution in [0.4, 0.5) is 0 Å². The van der Waals surface area contributed by atoms with E-state index in [4.69, 9.17) is 9.72 Å². The van der Waals surface area contributed by atoms with E-state index in [1.165, 1.54) is 11.1 Å². The Bertz CT molecular complexity index is 4130. The molecule has 3 heterocycles. The fourth-order valence-electron chi connectivity index (χ4n) is 10.8. The molecule has 0 aliphatic rings. The van der Waals surface area contributed by atoms with Crippen LogP contribution in [0.2, 0.25) is 0 Å². The second-order valence-electron chi connectivity index (χ2n) is 19.7. The number of rotatable bonds is 12. The van der Waals surface area contributed by atoms with Gasteiger partial charge in [0.1, 0.15) is 5.82 Å². The first-order chi connectivity index (χ1) is 36.9. The van der Waals surface area contributed by atoms with Gasteiger partial charge in [0.05, 0.1) is 16.7 Å². The average Bonchev–Trinajstić information content (AvgIpc) is 4.10. The minimum absolute atomic E-state index is 0. The zero-order chi connectivity index (χ0) is 50.3. The van der Waals surface area contributed by atoms with Gasteiger partial charge < -0.3 is 13.9 Å². The molecule has 0 atom stereocenters. The molecule has 13 rings (SSSR count). The van der Waals surface area contributed by atoms with Gasteiger partial charge in [-0.25, -0.2) is 4.98 Å². The zero-order valence-corrected chi connectivity index (χ0v) is 44.2. The van der Waals surface area contributed by atoms with Crippen LogP contribution >= 0.6 is 0 Å². The second kappa shape index (κ2) is 20.4. The first kappa shape index (κ1) is 48.1. The van der Waals surface area contributed by atoms with Crippen molar-refractivity contribution in [2.75, 3.05) is 0 Å². The number of pyridine rings is 1. The molecule has 0 radical (unpaired) electrons. The molecule has 0 fully saturated rings. The first-order valence-corrected chi connectivity index (χ1v) is 25.5. The first-order valence-electron chi connectivity index (χ1n) is 25.5. The standard InChI is InChI=1S/C70H50N4O.Pt/c1-70(2,55-30-16-7-17-31-55)46-54-43-68(71-47-63(54)52-28-14-6-15-29-52)74-64-41-38-53(49-22-8-3-9-23-49)42-62(64)61-40-39-58(45-67(61)74)75-57-33-20-32-56(44-57)72-48-73(66-37-19-18-36-65(66)72)69-59(50-24-10-4-11-25-50)34-21-35-60(69)51-26-12-5-13-27-51;/h3-43,47H,46H2,1-2H3;/q-2;. The number of benzene rings is 10. The number of nitrogens with zero attached hydrogens (tertiary/aromatic N) is 4. The van der Waals surface area contributed by atoms with Crippen LogP contribution < -0.4 is 9.30 Å². The molecule has 368 valence electrons. The SMILES string of the molecule is CC(C)(Cc1cc(-n2c3[c-]c(Oc4[c-]c(-n5[c-][n+](-c6c(-c7ccccc7)cccc6-c6ccccc6)c6ccccc65)ccc4)ccc3c3cc(-c4ccccc4)ccc32)ncc1-c1ccccc1)c1ccccc1.[Pt]. The fraction of sp³-hybridized carbons (Fsp3) is 0.0571. The fourth-order valence-corrected chi connectivity index (χ4v) is 10.8. The molecule has 10 aromatic carbocycles. The van der Waals surface area contributed by atoms with Crippen LogP contribution in [-0.4, -0.2) is 14.1 Å². The van der Waals surface area contributed by atoms with Crippen molar-refractivity contribution < 1.29 is 30.4 Å². The van der Waals surface area contributed by atoms with E-state index < -0.39 is 0 Å². The minimum atomic E-state index is -0.157. The number of hydrogen-bond donors (Lipinski definition) is 0. The van der Waals surface area contributed by atoms with Gasteiger partial charge in [-0.05, 0) is 85.1 Å². The molecule has 0 amide bonds. The third-order valence-corrected chi connectivity index (χ3v) is 14.4. The van der Waals surface area contributed by atoms with Crippen molar-refractivity contribution in [3.8, 4) is 73.2 Å². The maximum Gasteiger partial charge on any atom is 0.268 e. The number of aromatic nitrogens is 4. The predicted octanol–water partition coefficient (Wildman–Crippen LogP) is 16.8. The largest absolute Gasteiger partial charge is 0.510 e. The van der Waals surface area contributed by atoms with Crippen LogP contribution in [0, 0.1) is 18.5 Å². The summed E-state index contributed by atoms with van der Waals surface area (Å²) in [6, 6.07) is 94.6. The molecule has 0 saturated heterocycles. The Hall–Kier alpha value is -8.89. The Balaban J connectivity index is 0.00000582. The van der Waals surface area contributed by atoms with E-state index in [0.29, 0.717) is 11.5 Å². The number of fused-ring (bicyclic) bond motifs is 4. The maximum atomic E-state index is 6.82. The molecule has 0 aliphatic carbocycles. The van der Waals surface area contributed by atoms with Crippen molar-refractivity contribution in [2.45, 2.75) is 25.7 Å². The Morgan fingerprint density at radius 2 is 1.07 bits per heavy atom. The molecule has 0 saturated carbocycles. The summed E-state index contributed by atoms with van der Waals surface area (Å²) in [5.74, 6) is 1.94. The van der Waals surface area contributed by atoms with Gasteiger partial charge in [-0.15, -0.1) is 29.7 Å². The number of hydrogen-bond acceptors (Lipinski definition) is 2. The van der Waals surface area contributed by atoms with E-state index in [0.717, 1.165) is 101 Å². The molecular weight excluding hydrogens is 1110 g/mol. The van der Waals surface area contributed by atoms with Gasteiger partial charge in [0.15, 0.2) is 0 Å². The van der Waals surface area contributed by atoms with Gasteiger partial charge in [0.2, 0.25) is 0 Å². The van der Waals surface area contributed by atoms with E-state index in [-0.39, 0.29) is 26.5 Å². The minimum Gasteiger partial charge on any atom is -0.510 e. The second-order valence-corrected chi connectivity index (χ2v) is 19.7. The van der Waals surface area contributed by atoms with Crippen LogP contribution in [0.1, 0.15) is 25.0 Å². The Morgan fingerprint density at radius 1 is 0.487 bits per heavy atom. The molecule has 6 heteroatoms.